The third-order valence-electron chi connectivity index (χ3n) is 3.00. The molecule has 0 saturated heterocycles. The lowest BCUT2D eigenvalue weighted by atomic mass is 10.1. The first-order valence-electron chi connectivity index (χ1n) is 7.24. The summed E-state index contributed by atoms with van der Waals surface area (Å²) in [5, 5.41) is 13.5. The molecule has 1 rings (SSSR count). The molecule has 3 nitrogen and oxygen atoms in total. The second-order valence-electron chi connectivity index (χ2n) is 4.91. The molecule has 0 aliphatic rings. The van der Waals surface area contributed by atoms with E-state index in [9.17, 15) is 18.3 Å². The molecule has 0 saturated carbocycles. The summed E-state index contributed by atoms with van der Waals surface area (Å²) in [4.78, 5) is 0. The molecule has 6 heteroatoms. The Kier molecular flexibility index (Phi) is 7.66. The highest BCUT2D eigenvalue weighted by atomic mass is 19.4. The number of nitrogens with zero attached hydrogens (tertiary/aromatic N) is 1. The number of allylic oxidation sites excluding steroid dienone is 1. The molecule has 1 atom stereocenters. The van der Waals surface area contributed by atoms with Crippen molar-refractivity contribution in [2.24, 2.45) is 5.10 Å². The van der Waals surface area contributed by atoms with Crippen LogP contribution in [0.3, 0.4) is 0 Å². The lowest BCUT2D eigenvalue weighted by molar-refractivity contribution is -0.137. The van der Waals surface area contributed by atoms with E-state index in [4.69, 9.17) is 0 Å². The fraction of sp³-hybridized carbons (Fsp3) is 0.438. The third-order valence-corrected chi connectivity index (χ3v) is 3.00. The molecule has 0 aliphatic heterocycles. The first-order valence-corrected chi connectivity index (χ1v) is 7.24. The Morgan fingerprint density at radius 3 is 2.50 bits per heavy atom. The maximum absolute atomic E-state index is 12.4. The van der Waals surface area contributed by atoms with Gasteiger partial charge in [0, 0.05) is 6.21 Å². The van der Waals surface area contributed by atoms with Gasteiger partial charge in [-0.05, 0) is 36.8 Å². The van der Waals surface area contributed by atoms with E-state index in [0.717, 1.165) is 31.4 Å². The summed E-state index contributed by atoms with van der Waals surface area (Å²) < 4.78 is 37.1. The summed E-state index contributed by atoms with van der Waals surface area (Å²) >= 11 is 0. The number of rotatable bonds is 8. The molecular formula is C16H21F3N2O. The van der Waals surface area contributed by atoms with E-state index < -0.39 is 17.8 Å². The number of hydrogen-bond donors (Lipinski definition) is 2. The van der Waals surface area contributed by atoms with Gasteiger partial charge in [0.15, 0.2) is 0 Å². The van der Waals surface area contributed by atoms with E-state index in [2.05, 4.69) is 17.5 Å². The molecule has 1 unspecified atom stereocenters. The van der Waals surface area contributed by atoms with Gasteiger partial charge < -0.3 is 5.11 Å². The number of benzene rings is 1. The molecule has 0 aromatic heterocycles. The number of aliphatic hydroxyl groups is 1. The average Bonchev–Trinajstić information content (AvgIpc) is 2.47. The zero-order chi connectivity index (χ0) is 16.4. The molecule has 22 heavy (non-hydrogen) atoms. The SMILES string of the molecule is CCCCCC(O)/C=C/C=N/Nc1ccc(C(F)(F)F)cc1. The van der Waals surface area contributed by atoms with Crippen LogP contribution in [0.25, 0.3) is 0 Å². The number of alkyl halides is 3. The Hall–Kier alpha value is -1.82. The standard InChI is InChI=1S/C16H21F3N2O/c1-2-3-4-6-15(22)7-5-12-20-21-14-10-8-13(9-11-14)16(17,18)19/h5,7-12,15,21-22H,2-4,6H2,1H3/b7-5+,20-12+. The highest BCUT2D eigenvalue weighted by Crippen LogP contribution is 2.29. The van der Waals surface area contributed by atoms with Gasteiger partial charge in [0.1, 0.15) is 0 Å². The Morgan fingerprint density at radius 2 is 1.91 bits per heavy atom. The number of unbranched alkanes of at least 4 members (excludes halogenated alkanes) is 2. The number of aliphatic hydroxyl groups excluding tert-OH is 1. The van der Waals surface area contributed by atoms with E-state index in [1.807, 2.05) is 0 Å². The zero-order valence-corrected chi connectivity index (χ0v) is 12.5. The van der Waals surface area contributed by atoms with E-state index >= 15 is 0 Å². The molecule has 122 valence electrons. The van der Waals surface area contributed by atoms with E-state index in [-0.39, 0.29) is 0 Å². The van der Waals surface area contributed by atoms with E-state index in [1.54, 1.807) is 12.2 Å². The predicted molar refractivity (Wildman–Crippen MR) is 82.8 cm³/mol. The van der Waals surface area contributed by atoms with E-state index in [1.165, 1.54) is 18.3 Å². The van der Waals surface area contributed by atoms with Crippen molar-refractivity contribution in [3.8, 4) is 0 Å². The lowest BCUT2D eigenvalue weighted by Gasteiger charge is -2.06. The summed E-state index contributed by atoms with van der Waals surface area (Å²) in [5.41, 5.74) is 2.38. The summed E-state index contributed by atoms with van der Waals surface area (Å²) in [6.07, 6.45) is 3.74. The number of anilines is 1. The first-order chi connectivity index (χ1) is 10.4. The highest BCUT2D eigenvalue weighted by molar-refractivity contribution is 5.72. The van der Waals surface area contributed by atoms with Crippen LogP contribution in [0.5, 0.6) is 0 Å². The van der Waals surface area contributed by atoms with Gasteiger partial charge in [-0.15, -0.1) is 0 Å². The van der Waals surface area contributed by atoms with E-state index in [0.29, 0.717) is 12.1 Å². The van der Waals surface area contributed by atoms with Crippen LogP contribution in [-0.4, -0.2) is 17.4 Å². The molecule has 2 N–H and O–H groups in total. The number of hydrogen-bond acceptors (Lipinski definition) is 3. The Balaban J connectivity index is 2.36. The molecule has 0 radical (unpaired) electrons. The van der Waals surface area contributed by atoms with Crippen LogP contribution < -0.4 is 5.43 Å². The molecule has 0 bridgehead atoms. The molecule has 0 amide bonds. The van der Waals surface area contributed by atoms with Crippen LogP contribution in [-0.2, 0) is 6.18 Å². The van der Waals surface area contributed by atoms with Gasteiger partial charge in [0.25, 0.3) is 0 Å². The molecule has 0 spiro atoms. The van der Waals surface area contributed by atoms with Crippen LogP contribution in [0.1, 0.15) is 38.2 Å². The second-order valence-corrected chi connectivity index (χ2v) is 4.91. The lowest BCUT2D eigenvalue weighted by Crippen LogP contribution is -2.04. The van der Waals surface area contributed by atoms with Crippen molar-refractivity contribution in [3.05, 3.63) is 42.0 Å². The molecule has 1 aromatic rings. The van der Waals surface area contributed by atoms with Gasteiger partial charge in [0.2, 0.25) is 0 Å². The number of hydrazone groups is 1. The van der Waals surface area contributed by atoms with Crippen LogP contribution >= 0.6 is 0 Å². The largest absolute Gasteiger partial charge is 0.416 e. The van der Waals surface area contributed by atoms with Crippen molar-refractivity contribution >= 4 is 11.9 Å². The molecule has 0 fully saturated rings. The van der Waals surface area contributed by atoms with Gasteiger partial charge in [-0.25, -0.2) is 0 Å². The van der Waals surface area contributed by atoms with Crippen LogP contribution in [0.4, 0.5) is 18.9 Å². The van der Waals surface area contributed by atoms with Crippen molar-refractivity contribution in [3.63, 3.8) is 0 Å². The maximum atomic E-state index is 12.4. The zero-order valence-electron chi connectivity index (χ0n) is 12.5. The molecule has 0 aliphatic carbocycles. The Labute approximate surface area is 128 Å². The predicted octanol–water partition coefficient (Wildman–Crippen LogP) is 4.60. The minimum atomic E-state index is -4.33. The van der Waals surface area contributed by atoms with Gasteiger partial charge in [-0.2, -0.15) is 18.3 Å². The van der Waals surface area contributed by atoms with Crippen molar-refractivity contribution in [2.45, 2.75) is 44.9 Å². The van der Waals surface area contributed by atoms with Crippen molar-refractivity contribution in [2.75, 3.05) is 5.43 Å². The first kappa shape index (κ1) is 18.2. The molecule has 1 aromatic carbocycles. The fourth-order valence-corrected chi connectivity index (χ4v) is 1.77. The monoisotopic (exact) mass is 314 g/mol. The normalized spacial score (nSPS) is 13.9. The second kappa shape index (κ2) is 9.25. The summed E-state index contributed by atoms with van der Waals surface area (Å²) in [6, 6.07) is 4.60. The summed E-state index contributed by atoms with van der Waals surface area (Å²) in [5.74, 6) is 0. The van der Waals surface area contributed by atoms with Gasteiger partial charge in [0.05, 0.1) is 17.4 Å². The Bertz CT molecular complexity index is 481. The number of nitrogens with one attached hydrogen (secondary N) is 1. The summed E-state index contributed by atoms with van der Waals surface area (Å²) in [7, 11) is 0. The number of halogens is 3. The highest BCUT2D eigenvalue weighted by Gasteiger charge is 2.29. The molecule has 0 heterocycles. The topological polar surface area (TPSA) is 44.6 Å². The molecular weight excluding hydrogens is 293 g/mol. The minimum Gasteiger partial charge on any atom is -0.389 e. The smallest absolute Gasteiger partial charge is 0.389 e. The van der Waals surface area contributed by atoms with Gasteiger partial charge in [-0.1, -0.05) is 32.3 Å². The quantitative estimate of drug-likeness (QED) is 0.418. The maximum Gasteiger partial charge on any atom is 0.416 e. The summed E-state index contributed by atoms with van der Waals surface area (Å²) in [6.45, 7) is 2.10. The van der Waals surface area contributed by atoms with Crippen molar-refractivity contribution in [1.82, 2.24) is 0 Å². The average molecular weight is 314 g/mol. The van der Waals surface area contributed by atoms with Crippen LogP contribution in [0.15, 0.2) is 41.5 Å². The third kappa shape index (κ3) is 7.26. The minimum absolute atomic E-state index is 0.459. The van der Waals surface area contributed by atoms with Gasteiger partial charge in [-0.3, -0.25) is 5.43 Å². The Morgan fingerprint density at radius 1 is 1.23 bits per heavy atom. The fourth-order valence-electron chi connectivity index (χ4n) is 1.77. The van der Waals surface area contributed by atoms with Crippen molar-refractivity contribution < 1.29 is 18.3 Å². The van der Waals surface area contributed by atoms with Gasteiger partial charge >= 0.3 is 6.18 Å². The van der Waals surface area contributed by atoms with Crippen LogP contribution in [0.2, 0.25) is 0 Å². The van der Waals surface area contributed by atoms with Crippen LogP contribution in [0, 0.1) is 0 Å². The van der Waals surface area contributed by atoms with Crippen molar-refractivity contribution in [1.29, 1.82) is 0 Å².